The molecule has 0 bridgehead atoms. The van der Waals surface area contributed by atoms with E-state index in [1.807, 2.05) is 0 Å². The van der Waals surface area contributed by atoms with Gasteiger partial charge >= 0.3 is 0 Å². The first kappa shape index (κ1) is 16.2. The van der Waals surface area contributed by atoms with E-state index in [0.29, 0.717) is 0 Å². The SMILES string of the molecule is C[Si](C)(C)N(P1OCCN1c1ccccc1)[Si](C)(C)C. The van der Waals surface area contributed by atoms with Crippen molar-refractivity contribution in [2.45, 2.75) is 39.3 Å². The molecule has 1 saturated heterocycles. The van der Waals surface area contributed by atoms with Gasteiger partial charge in [0.25, 0.3) is 0 Å². The average molecular weight is 327 g/mol. The van der Waals surface area contributed by atoms with Crippen LogP contribution in [0, 0.1) is 0 Å². The van der Waals surface area contributed by atoms with E-state index in [9.17, 15) is 0 Å². The second kappa shape index (κ2) is 5.89. The second-order valence-corrected chi connectivity index (χ2v) is 19.6. The van der Waals surface area contributed by atoms with E-state index in [-0.39, 0.29) is 0 Å². The molecule has 1 heterocycles. The number of nitrogens with zero attached hydrogens (tertiary/aromatic N) is 2. The summed E-state index contributed by atoms with van der Waals surface area (Å²) in [6.45, 7) is 16.5. The molecule has 20 heavy (non-hydrogen) atoms. The summed E-state index contributed by atoms with van der Waals surface area (Å²) >= 11 is 0. The van der Waals surface area contributed by atoms with Crippen molar-refractivity contribution in [1.29, 1.82) is 0 Å². The van der Waals surface area contributed by atoms with Gasteiger partial charge in [-0.25, -0.2) is 0 Å². The molecule has 1 aliphatic rings. The van der Waals surface area contributed by atoms with Crippen LogP contribution in [-0.4, -0.2) is 33.6 Å². The highest BCUT2D eigenvalue weighted by Crippen LogP contribution is 2.55. The van der Waals surface area contributed by atoms with Gasteiger partial charge in [0.2, 0.25) is 8.45 Å². The quantitative estimate of drug-likeness (QED) is 0.588. The summed E-state index contributed by atoms with van der Waals surface area (Å²) in [4.78, 5) is 0. The highest BCUT2D eigenvalue weighted by atomic mass is 31.2. The summed E-state index contributed by atoms with van der Waals surface area (Å²) in [5.41, 5.74) is 1.30. The molecule has 0 radical (unpaired) electrons. The van der Waals surface area contributed by atoms with Gasteiger partial charge in [0.1, 0.15) is 16.5 Å². The summed E-state index contributed by atoms with van der Waals surface area (Å²) in [7, 11) is -3.44. The number of rotatable bonds is 4. The van der Waals surface area contributed by atoms with Crippen LogP contribution in [0.5, 0.6) is 0 Å². The van der Waals surface area contributed by atoms with Gasteiger partial charge in [0.05, 0.1) is 6.61 Å². The van der Waals surface area contributed by atoms with Crippen LogP contribution < -0.4 is 4.67 Å². The fourth-order valence-electron chi connectivity index (χ4n) is 2.88. The third-order valence-corrected chi connectivity index (χ3v) is 16.0. The molecular weight excluding hydrogens is 299 g/mol. The molecule has 0 saturated carbocycles. The van der Waals surface area contributed by atoms with Crippen molar-refractivity contribution in [3.05, 3.63) is 30.3 Å². The van der Waals surface area contributed by atoms with Gasteiger partial charge in [-0.05, 0) is 12.1 Å². The maximum Gasteiger partial charge on any atom is 0.204 e. The lowest BCUT2D eigenvalue weighted by Gasteiger charge is -2.48. The molecular formula is C14H27N2OPSi2. The molecule has 6 heteroatoms. The Hall–Kier alpha value is -0.196. The van der Waals surface area contributed by atoms with Crippen LogP contribution in [0.3, 0.4) is 0 Å². The molecule has 2 rings (SSSR count). The molecule has 1 aliphatic heterocycles. The van der Waals surface area contributed by atoms with Crippen LogP contribution in [0.2, 0.25) is 39.3 Å². The summed E-state index contributed by atoms with van der Waals surface area (Å²) < 4.78 is 11.5. The molecule has 0 aromatic heterocycles. The summed E-state index contributed by atoms with van der Waals surface area (Å²) in [5, 5.41) is 0. The molecule has 1 aromatic rings. The van der Waals surface area contributed by atoms with Crippen LogP contribution >= 0.6 is 8.45 Å². The lowest BCUT2D eigenvalue weighted by molar-refractivity contribution is 0.388. The van der Waals surface area contributed by atoms with Crippen LogP contribution in [0.4, 0.5) is 5.69 Å². The first-order chi connectivity index (χ1) is 9.21. The maximum atomic E-state index is 6.22. The Balaban J connectivity index is 2.33. The summed E-state index contributed by atoms with van der Waals surface area (Å²) in [5.74, 6) is 0. The monoisotopic (exact) mass is 326 g/mol. The number of para-hydroxylation sites is 1. The molecule has 1 fully saturated rings. The van der Waals surface area contributed by atoms with E-state index in [4.69, 9.17) is 4.52 Å². The van der Waals surface area contributed by atoms with E-state index in [1.54, 1.807) is 0 Å². The minimum Gasteiger partial charge on any atom is -0.326 e. The third kappa shape index (κ3) is 3.52. The van der Waals surface area contributed by atoms with E-state index in [1.165, 1.54) is 5.69 Å². The van der Waals surface area contributed by atoms with Gasteiger partial charge in [0.15, 0.2) is 0 Å². The molecule has 112 valence electrons. The van der Waals surface area contributed by atoms with E-state index in [0.717, 1.165) is 13.2 Å². The van der Waals surface area contributed by atoms with E-state index in [2.05, 4.69) is 78.3 Å². The zero-order chi connectivity index (χ0) is 15.0. The van der Waals surface area contributed by atoms with Crippen LogP contribution in [0.1, 0.15) is 0 Å². The smallest absolute Gasteiger partial charge is 0.204 e. The van der Waals surface area contributed by atoms with Crippen molar-refractivity contribution in [3.8, 4) is 0 Å². The van der Waals surface area contributed by atoms with Gasteiger partial charge in [0, 0.05) is 12.2 Å². The fourth-order valence-corrected chi connectivity index (χ4v) is 17.3. The van der Waals surface area contributed by atoms with E-state index >= 15 is 0 Å². The number of hydrogen-bond acceptors (Lipinski definition) is 3. The minimum atomic E-state index is -1.40. The van der Waals surface area contributed by atoms with Crippen molar-refractivity contribution >= 4 is 30.6 Å². The third-order valence-electron chi connectivity index (χ3n) is 3.21. The Labute approximate surface area is 127 Å². The molecule has 3 nitrogen and oxygen atoms in total. The Kier molecular flexibility index (Phi) is 4.77. The molecule has 1 atom stereocenters. The lowest BCUT2D eigenvalue weighted by Crippen LogP contribution is -2.57. The second-order valence-electron chi connectivity index (χ2n) is 7.20. The van der Waals surface area contributed by atoms with Gasteiger partial charge in [-0.2, -0.15) is 0 Å². The molecule has 0 amide bonds. The molecule has 0 spiro atoms. The average Bonchev–Trinajstić information content (AvgIpc) is 2.75. The van der Waals surface area contributed by atoms with Crippen molar-refractivity contribution in [2.75, 3.05) is 17.8 Å². The van der Waals surface area contributed by atoms with Crippen molar-refractivity contribution in [2.24, 2.45) is 0 Å². The number of hydrogen-bond donors (Lipinski definition) is 0. The normalized spacial score (nSPS) is 20.8. The zero-order valence-electron chi connectivity index (χ0n) is 13.6. The number of anilines is 1. The molecule has 0 aliphatic carbocycles. The Morgan fingerprint density at radius 2 is 1.55 bits per heavy atom. The number of benzene rings is 1. The Morgan fingerprint density at radius 3 is 2.05 bits per heavy atom. The highest BCUT2D eigenvalue weighted by Gasteiger charge is 2.45. The van der Waals surface area contributed by atoms with Gasteiger partial charge in [-0.15, -0.1) is 0 Å². The highest BCUT2D eigenvalue weighted by molar-refractivity contribution is 7.57. The van der Waals surface area contributed by atoms with Gasteiger partial charge in [-0.1, -0.05) is 57.5 Å². The molecule has 0 N–H and O–H groups in total. The summed E-state index contributed by atoms with van der Waals surface area (Å²) in [6.07, 6.45) is 0. The topological polar surface area (TPSA) is 15.7 Å². The van der Waals surface area contributed by atoms with Crippen molar-refractivity contribution in [3.63, 3.8) is 0 Å². The zero-order valence-corrected chi connectivity index (χ0v) is 16.4. The lowest BCUT2D eigenvalue weighted by atomic mass is 10.3. The van der Waals surface area contributed by atoms with Crippen LogP contribution in [-0.2, 0) is 4.52 Å². The van der Waals surface area contributed by atoms with Crippen LogP contribution in [0.25, 0.3) is 0 Å². The predicted octanol–water partition coefficient (Wildman–Crippen LogP) is 4.72. The Bertz CT molecular complexity index is 431. The first-order valence-corrected chi connectivity index (χ1v) is 15.3. The largest absolute Gasteiger partial charge is 0.326 e. The first-order valence-electron chi connectivity index (χ1n) is 7.27. The summed E-state index contributed by atoms with van der Waals surface area (Å²) in [6, 6.07) is 10.7. The Morgan fingerprint density at radius 1 is 1.00 bits per heavy atom. The molecule has 1 unspecified atom stereocenters. The molecule has 1 aromatic carbocycles. The maximum absolute atomic E-state index is 6.22. The van der Waals surface area contributed by atoms with Gasteiger partial charge in [-0.3, -0.25) is 4.00 Å². The fraction of sp³-hybridized carbons (Fsp3) is 0.571. The van der Waals surface area contributed by atoms with E-state index < -0.39 is 24.9 Å². The predicted molar refractivity (Wildman–Crippen MR) is 95.2 cm³/mol. The van der Waals surface area contributed by atoms with Gasteiger partial charge < -0.3 is 9.19 Å². The van der Waals surface area contributed by atoms with Crippen molar-refractivity contribution < 1.29 is 4.52 Å². The minimum absolute atomic E-state index is 0.634. The standard InChI is InChI=1S/C14H27N2OPSi2/c1-19(2,3)16(20(4,5)6)18-15(12-13-17-18)14-10-8-7-9-11-14/h7-11H,12-13H2,1-6H3. The van der Waals surface area contributed by atoms with Crippen LogP contribution in [0.15, 0.2) is 30.3 Å². The van der Waals surface area contributed by atoms with Crippen molar-refractivity contribution in [1.82, 2.24) is 4.00 Å².